The molecule has 0 radical (unpaired) electrons. The molecule has 0 amide bonds. The van der Waals surface area contributed by atoms with Gasteiger partial charge in [-0.05, 0) is 12.5 Å². The second-order valence-corrected chi connectivity index (χ2v) is 3.67. The Bertz CT molecular complexity index is 319. The third-order valence-electron chi connectivity index (χ3n) is 2.40. The summed E-state index contributed by atoms with van der Waals surface area (Å²) in [5.74, 6) is 0. The van der Waals surface area contributed by atoms with Crippen LogP contribution < -0.4 is 0 Å². The SMILES string of the molecule is C/C=C/[C@H]1O[C@H]1COCc1ccccc1. The Morgan fingerprint density at radius 1 is 1.33 bits per heavy atom. The van der Waals surface area contributed by atoms with E-state index >= 15 is 0 Å². The Kier molecular flexibility index (Phi) is 3.54. The van der Waals surface area contributed by atoms with Gasteiger partial charge in [-0.3, -0.25) is 0 Å². The van der Waals surface area contributed by atoms with Crippen LogP contribution in [0.2, 0.25) is 0 Å². The van der Waals surface area contributed by atoms with Gasteiger partial charge in [0.25, 0.3) is 0 Å². The minimum Gasteiger partial charge on any atom is -0.374 e. The van der Waals surface area contributed by atoms with Gasteiger partial charge in [0.2, 0.25) is 0 Å². The van der Waals surface area contributed by atoms with Crippen LogP contribution >= 0.6 is 0 Å². The van der Waals surface area contributed by atoms with Gasteiger partial charge < -0.3 is 9.47 Å². The number of benzene rings is 1. The molecule has 1 heterocycles. The highest BCUT2D eigenvalue weighted by atomic mass is 16.6. The molecule has 1 fully saturated rings. The van der Waals surface area contributed by atoms with Crippen LogP contribution in [0.3, 0.4) is 0 Å². The van der Waals surface area contributed by atoms with Crippen molar-refractivity contribution in [2.24, 2.45) is 0 Å². The molecule has 1 aromatic rings. The molecule has 80 valence electrons. The Labute approximate surface area is 90.5 Å². The zero-order valence-corrected chi connectivity index (χ0v) is 8.93. The predicted octanol–water partition coefficient (Wildman–Crippen LogP) is 2.55. The monoisotopic (exact) mass is 204 g/mol. The fraction of sp³-hybridized carbons (Fsp3) is 0.385. The summed E-state index contributed by atoms with van der Waals surface area (Å²) < 4.78 is 10.9. The Balaban J connectivity index is 1.64. The molecule has 0 aromatic heterocycles. The zero-order valence-electron chi connectivity index (χ0n) is 8.93. The molecule has 2 heteroatoms. The lowest BCUT2D eigenvalue weighted by Crippen LogP contribution is -2.03. The number of allylic oxidation sites excluding steroid dienone is 1. The maximum Gasteiger partial charge on any atom is 0.111 e. The Morgan fingerprint density at radius 2 is 2.13 bits per heavy atom. The molecule has 2 atom stereocenters. The van der Waals surface area contributed by atoms with Crippen LogP contribution in [-0.4, -0.2) is 18.8 Å². The number of hydrogen-bond acceptors (Lipinski definition) is 2. The van der Waals surface area contributed by atoms with Gasteiger partial charge in [-0.1, -0.05) is 42.5 Å². The first kappa shape index (κ1) is 10.4. The van der Waals surface area contributed by atoms with Crippen molar-refractivity contribution in [2.75, 3.05) is 6.61 Å². The average Bonchev–Trinajstić information content (AvgIpc) is 2.99. The van der Waals surface area contributed by atoms with E-state index < -0.39 is 0 Å². The van der Waals surface area contributed by atoms with Crippen LogP contribution in [0.5, 0.6) is 0 Å². The molecule has 0 saturated carbocycles. The topological polar surface area (TPSA) is 21.8 Å². The van der Waals surface area contributed by atoms with Gasteiger partial charge in [-0.25, -0.2) is 0 Å². The average molecular weight is 204 g/mol. The summed E-state index contributed by atoms with van der Waals surface area (Å²) in [5, 5.41) is 0. The van der Waals surface area contributed by atoms with Gasteiger partial charge in [-0.2, -0.15) is 0 Å². The van der Waals surface area contributed by atoms with Crippen LogP contribution in [-0.2, 0) is 16.1 Å². The molecule has 0 bridgehead atoms. The van der Waals surface area contributed by atoms with E-state index in [0.29, 0.717) is 13.2 Å². The standard InChI is InChI=1S/C13H16O2/c1-2-6-12-13(15-12)10-14-9-11-7-4-3-5-8-11/h2-8,12-13H,9-10H2,1H3/b6-2+/t12-,13+/m1/s1. The molecular formula is C13H16O2. The lowest BCUT2D eigenvalue weighted by atomic mass is 10.2. The van der Waals surface area contributed by atoms with Gasteiger partial charge in [-0.15, -0.1) is 0 Å². The molecule has 0 unspecified atom stereocenters. The van der Waals surface area contributed by atoms with E-state index in [1.807, 2.05) is 31.2 Å². The van der Waals surface area contributed by atoms with Crippen molar-refractivity contribution in [1.82, 2.24) is 0 Å². The van der Waals surface area contributed by atoms with Crippen molar-refractivity contribution in [3.05, 3.63) is 48.0 Å². The van der Waals surface area contributed by atoms with Crippen LogP contribution in [0.15, 0.2) is 42.5 Å². The summed E-state index contributed by atoms with van der Waals surface area (Å²) in [6.07, 6.45) is 4.63. The van der Waals surface area contributed by atoms with Gasteiger partial charge in [0.15, 0.2) is 0 Å². The number of epoxide rings is 1. The molecule has 2 rings (SSSR count). The van der Waals surface area contributed by atoms with Crippen LogP contribution in [0.4, 0.5) is 0 Å². The molecule has 1 saturated heterocycles. The summed E-state index contributed by atoms with van der Waals surface area (Å²) in [6.45, 7) is 3.36. The molecule has 0 N–H and O–H groups in total. The fourth-order valence-corrected chi connectivity index (χ4v) is 1.52. The van der Waals surface area contributed by atoms with Crippen molar-refractivity contribution >= 4 is 0 Å². The van der Waals surface area contributed by atoms with Crippen molar-refractivity contribution in [3.8, 4) is 0 Å². The van der Waals surface area contributed by atoms with Crippen molar-refractivity contribution in [2.45, 2.75) is 25.7 Å². The van der Waals surface area contributed by atoms with Crippen LogP contribution in [0.1, 0.15) is 12.5 Å². The normalized spacial score (nSPS) is 24.6. The van der Waals surface area contributed by atoms with Gasteiger partial charge in [0.1, 0.15) is 12.2 Å². The van der Waals surface area contributed by atoms with Crippen molar-refractivity contribution in [1.29, 1.82) is 0 Å². The Morgan fingerprint density at radius 3 is 2.87 bits per heavy atom. The highest BCUT2D eigenvalue weighted by Crippen LogP contribution is 2.23. The smallest absolute Gasteiger partial charge is 0.111 e. The van der Waals surface area contributed by atoms with E-state index in [4.69, 9.17) is 9.47 Å². The van der Waals surface area contributed by atoms with Crippen LogP contribution in [0.25, 0.3) is 0 Å². The third kappa shape index (κ3) is 3.18. The maximum absolute atomic E-state index is 5.56. The lowest BCUT2D eigenvalue weighted by Gasteiger charge is -2.01. The second-order valence-electron chi connectivity index (χ2n) is 3.67. The molecule has 1 aromatic carbocycles. The molecule has 15 heavy (non-hydrogen) atoms. The Hall–Kier alpha value is -1.12. The number of ether oxygens (including phenoxy) is 2. The summed E-state index contributed by atoms with van der Waals surface area (Å²) >= 11 is 0. The highest BCUT2D eigenvalue weighted by Gasteiger charge is 2.36. The lowest BCUT2D eigenvalue weighted by molar-refractivity contribution is 0.104. The molecule has 2 nitrogen and oxygen atoms in total. The van der Waals surface area contributed by atoms with Crippen LogP contribution in [0, 0.1) is 0 Å². The first-order valence-corrected chi connectivity index (χ1v) is 5.30. The van der Waals surface area contributed by atoms with E-state index in [2.05, 4.69) is 18.2 Å². The van der Waals surface area contributed by atoms with E-state index in [-0.39, 0.29) is 12.2 Å². The number of hydrogen-bond donors (Lipinski definition) is 0. The molecule has 0 aliphatic carbocycles. The molecular weight excluding hydrogens is 188 g/mol. The molecule has 0 spiro atoms. The van der Waals surface area contributed by atoms with E-state index in [1.54, 1.807) is 0 Å². The number of rotatable bonds is 5. The summed E-state index contributed by atoms with van der Waals surface area (Å²) in [4.78, 5) is 0. The van der Waals surface area contributed by atoms with Crippen molar-refractivity contribution < 1.29 is 9.47 Å². The second kappa shape index (κ2) is 5.10. The molecule has 1 aliphatic heterocycles. The summed E-state index contributed by atoms with van der Waals surface area (Å²) in [5.41, 5.74) is 1.21. The minimum atomic E-state index is 0.268. The van der Waals surface area contributed by atoms with E-state index in [9.17, 15) is 0 Å². The summed E-state index contributed by atoms with van der Waals surface area (Å²) in [7, 11) is 0. The predicted molar refractivity (Wildman–Crippen MR) is 59.6 cm³/mol. The van der Waals surface area contributed by atoms with Gasteiger partial charge in [0, 0.05) is 0 Å². The minimum absolute atomic E-state index is 0.268. The third-order valence-corrected chi connectivity index (χ3v) is 2.40. The quantitative estimate of drug-likeness (QED) is 0.543. The summed E-state index contributed by atoms with van der Waals surface area (Å²) in [6, 6.07) is 10.2. The van der Waals surface area contributed by atoms with E-state index in [0.717, 1.165) is 0 Å². The zero-order chi connectivity index (χ0) is 10.5. The van der Waals surface area contributed by atoms with Gasteiger partial charge in [0.05, 0.1) is 13.2 Å². The first-order valence-electron chi connectivity index (χ1n) is 5.30. The first-order chi connectivity index (χ1) is 7.40. The van der Waals surface area contributed by atoms with Crippen molar-refractivity contribution in [3.63, 3.8) is 0 Å². The van der Waals surface area contributed by atoms with E-state index in [1.165, 1.54) is 5.56 Å². The largest absolute Gasteiger partial charge is 0.374 e. The van der Waals surface area contributed by atoms with Gasteiger partial charge >= 0.3 is 0 Å². The fourth-order valence-electron chi connectivity index (χ4n) is 1.52. The highest BCUT2D eigenvalue weighted by molar-refractivity contribution is 5.13. The molecule has 1 aliphatic rings. The maximum atomic E-state index is 5.56.